The lowest BCUT2D eigenvalue weighted by atomic mass is 10.1. The maximum atomic E-state index is 11.5. The van der Waals surface area contributed by atoms with Crippen LogP contribution >= 0.6 is 11.3 Å². The van der Waals surface area contributed by atoms with Gasteiger partial charge < -0.3 is 11.1 Å². The molecule has 1 unspecified atom stereocenters. The lowest BCUT2D eigenvalue weighted by Gasteiger charge is -2.14. The second kappa shape index (κ2) is 5.40. The molecule has 1 aromatic heterocycles. The first kappa shape index (κ1) is 13.5. The van der Waals surface area contributed by atoms with E-state index in [0.717, 1.165) is 16.4 Å². The van der Waals surface area contributed by atoms with Crippen molar-refractivity contribution in [1.82, 2.24) is 4.98 Å². The van der Waals surface area contributed by atoms with Crippen LogP contribution in [0.5, 0.6) is 0 Å². The van der Waals surface area contributed by atoms with Gasteiger partial charge >= 0.3 is 0 Å². The predicted molar refractivity (Wildman–Crippen MR) is 79.7 cm³/mol. The number of thiazole rings is 1. The van der Waals surface area contributed by atoms with Gasteiger partial charge in [0.2, 0.25) is 0 Å². The molecule has 3 N–H and O–H groups in total. The van der Waals surface area contributed by atoms with Gasteiger partial charge in [-0.3, -0.25) is 4.79 Å². The molecule has 0 aliphatic rings. The number of hydrogen-bond acceptors (Lipinski definition) is 5. The van der Waals surface area contributed by atoms with Crippen molar-refractivity contribution in [3.05, 3.63) is 39.8 Å². The summed E-state index contributed by atoms with van der Waals surface area (Å²) in [5.41, 5.74) is 8.73. The molecule has 2 rings (SSSR count). The Morgan fingerprint density at radius 3 is 2.79 bits per heavy atom. The van der Waals surface area contributed by atoms with E-state index in [1.165, 1.54) is 6.92 Å². The standard InChI is InChI=1S/C14H17N3OS/c1-8-7-19-14(16-8)9(2)17-11-4-5-13(15)12(6-11)10(3)18/h4-7,9,17H,15H2,1-3H3. The normalized spacial score (nSPS) is 12.2. The van der Waals surface area contributed by atoms with Crippen molar-refractivity contribution in [2.75, 3.05) is 11.1 Å². The number of aryl methyl sites for hydroxylation is 1. The minimum absolute atomic E-state index is 0.0288. The third kappa shape index (κ3) is 3.12. The molecule has 0 amide bonds. The monoisotopic (exact) mass is 275 g/mol. The number of aromatic nitrogens is 1. The highest BCUT2D eigenvalue weighted by molar-refractivity contribution is 7.09. The van der Waals surface area contributed by atoms with E-state index in [9.17, 15) is 4.79 Å². The molecule has 0 radical (unpaired) electrons. The Morgan fingerprint density at radius 2 is 2.21 bits per heavy atom. The molecule has 100 valence electrons. The summed E-state index contributed by atoms with van der Waals surface area (Å²) in [7, 11) is 0. The van der Waals surface area contributed by atoms with Gasteiger partial charge in [-0.15, -0.1) is 11.3 Å². The van der Waals surface area contributed by atoms with E-state index >= 15 is 0 Å². The maximum absolute atomic E-state index is 11.5. The Hall–Kier alpha value is -1.88. The highest BCUT2D eigenvalue weighted by atomic mass is 32.1. The topological polar surface area (TPSA) is 68.0 Å². The van der Waals surface area contributed by atoms with Crippen molar-refractivity contribution in [3.8, 4) is 0 Å². The van der Waals surface area contributed by atoms with Crippen LogP contribution < -0.4 is 11.1 Å². The van der Waals surface area contributed by atoms with Crippen molar-refractivity contribution < 1.29 is 4.79 Å². The number of nitrogen functional groups attached to an aromatic ring is 1. The molecule has 0 saturated heterocycles. The first-order chi connectivity index (χ1) is 8.97. The van der Waals surface area contributed by atoms with Gasteiger partial charge in [-0.2, -0.15) is 0 Å². The summed E-state index contributed by atoms with van der Waals surface area (Å²) in [6.07, 6.45) is 0. The number of nitrogens with zero attached hydrogens (tertiary/aromatic N) is 1. The Kier molecular flexibility index (Phi) is 3.85. The van der Waals surface area contributed by atoms with Crippen LogP contribution in [-0.2, 0) is 0 Å². The fourth-order valence-corrected chi connectivity index (χ4v) is 2.64. The molecule has 1 heterocycles. The Labute approximate surface area is 116 Å². The van der Waals surface area contributed by atoms with E-state index in [-0.39, 0.29) is 11.8 Å². The van der Waals surface area contributed by atoms with Crippen LogP contribution in [0.3, 0.4) is 0 Å². The molecule has 0 bridgehead atoms. The van der Waals surface area contributed by atoms with E-state index in [1.54, 1.807) is 23.5 Å². The Bertz CT molecular complexity index is 606. The number of ketones is 1. The fraction of sp³-hybridized carbons (Fsp3) is 0.286. The third-order valence-corrected chi connectivity index (χ3v) is 3.97. The van der Waals surface area contributed by atoms with Gasteiger partial charge in [0, 0.05) is 28.0 Å². The first-order valence-corrected chi connectivity index (χ1v) is 6.94. The highest BCUT2D eigenvalue weighted by Crippen LogP contribution is 2.24. The summed E-state index contributed by atoms with van der Waals surface area (Å²) in [6, 6.07) is 5.51. The smallest absolute Gasteiger partial charge is 0.161 e. The van der Waals surface area contributed by atoms with Gasteiger partial charge in [0.1, 0.15) is 5.01 Å². The number of carbonyl (C=O) groups is 1. The summed E-state index contributed by atoms with van der Waals surface area (Å²) in [4.78, 5) is 15.9. The molecule has 1 atom stereocenters. The molecule has 1 aromatic carbocycles. The van der Waals surface area contributed by atoms with Gasteiger partial charge in [0.05, 0.1) is 6.04 Å². The van der Waals surface area contributed by atoms with Crippen LogP contribution in [0.2, 0.25) is 0 Å². The minimum atomic E-state index is -0.0288. The largest absolute Gasteiger partial charge is 0.398 e. The quantitative estimate of drug-likeness (QED) is 0.663. The van der Waals surface area contributed by atoms with E-state index in [1.807, 2.05) is 25.3 Å². The van der Waals surface area contributed by atoms with Gasteiger partial charge in [0.15, 0.2) is 5.78 Å². The number of benzene rings is 1. The molecule has 0 saturated carbocycles. The maximum Gasteiger partial charge on any atom is 0.161 e. The zero-order valence-electron chi connectivity index (χ0n) is 11.2. The molecule has 19 heavy (non-hydrogen) atoms. The van der Waals surface area contributed by atoms with Crippen LogP contribution in [0, 0.1) is 6.92 Å². The predicted octanol–water partition coefficient (Wildman–Crippen LogP) is 3.41. The molecule has 0 aliphatic heterocycles. The van der Waals surface area contributed by atoms with Crippen LogP contribution in [0.4, 0.5) is 11.4 Å². The molecule has 2 aromatic rings. The number of hydrogen-bond donors (Lipinski definition) is 2. The van der Waals surface area contributed by atoms with Gasteiger partial charge in [-0.1, -0.05) is 0 Å². The van der Waals surface area contributed by atoms with Crippen molar-refractivity contribution in [2.45, 2.75) is 26.8 Å². The molecule has 0 spiro atoms. The lowest BCUT2D eigenvalue weighted by Crippen LogP contribution is -2.08. The van der Waals surface area contributed by atoms with Crippen LogP contribution in [0.25, 0.3) is 0 Å². The summed E-state index contributed by atoms with van der Waals surface area (Å²) in [5, 5.41) is 6.39. The number of anilines is 2. The van der Waals surface area contributed by atoms with Crippen molar-refractivity contribution in [1.29, 1.82) is 0 Å². The molecular weight excluding hydrogens is 258 g/mol. The van der Waals surface area contributed by atoms with Gasteiger partial charge in [0.25, 0.3) is 0 Å². The van der Waals surface area contributed by atoms with Crippen molar-refractivity contribution >= 4 is 28.5 Å². The Morgan fingerprint density at radius 1 is 1.47 bits per heavy atom. The summed E-state index contributed by atoms with van der Waals surface area (Å²) >= 11 is 1.63. The minimum Gasteiger partial charge on any atom is -0.398 e. The zero-order valence-corrected chi connectivity index (χ0v) is 12.0. The average Bonchev–Trinajstić information content (AvgIpc) is 2.78. The summed E-state index contributed by atoms with van der Waals surface area (Å²) < 4.78 is 0. The summed E-state index contributed by atoms with van der Waals surface area (Å²) in [5.74, 6) is -0.0288. The van der Waals surface area contributed by atoms with E-state index in [0.29, 0.717) is 11.3 Å². The first-order valence-electron chi connectivity index (χ1n) is 6.06. The van der Waals surface area contributed by atoms with E-state index in [2.05, 4.69) is 10.3 Å². The van der Waals surface area contributed by atoms with E-state index < -0.39 is 0 Å². The summed E-state index contributed by atoms with van der Waals surface area (Å²) in [6.45, 7) is 5.54. The van der Waals surface area contributed by atoms with Crippen LogP contribution in [0.15, 0.2) is 23.6 Å². The molecular formula is C14H17N3OS. The molecule has 5 heteroatoms. The molecule has 0 fully saturated rings. The zero-order chi connectivity index (χ0) is 14.0. The Balaban J connectivity index is 2.19. The average molecular weight is 275 g/mol. The molecule has 0 aliphatic carbocycles. The highest BCUT2D eigenvalue weighted by Gasteiger charge is 2.11. The van der Waals surface area contributed by atoms with Crippen LogP contribution in [0.1, 0.15) is 40.9 Å². The van der Waals surface area contributed by atoms with Gasteiger partial charge in [-0.25, -0.2) is 4.98 Å². The number of rotatable bonds is 4. The van der Waals surface area contributed by atoms with E-state index in [4.69, 9.17) is 5.73 Å². The van der Waals surface area contributed by atoms with Gasteiger partial charge in [-0.05, 0) is 39.0 Å². The fourth-order valence-electron chi connectivity index (χ4n) is 1.83. The number of carbonyl (C=O) groups excluding carboxylic acids is 1. The van der Waals surface area contributed by atoms with Crippen molar-refractivity contribution in [2.24, 2.45) is 0 Å². The van der Waals surface area contributed by atoms with Crippen molar-refractivity contribution in [3.63, 3.8) is 0 Å². The number of Topliss-reactive ketones (excluding diaryl/α,β-unsaturated/α-hetero) is 1. The second-order valence-corrected chi connectivity index (χ2v) is 5.44. The third-order valence-electron chi connectivity index (χ3n) is 2.82. The van der Waals surface area contributed by atoms with Crippen LogP contribution in [-0.4, -0.2) is 10.8 Å². The second-order valence-electron chi connectivity index (χ2n) is 4.55. The molecule has 4 nitrogen and oxygen atoms in total. The lowest BCUT2D eigenvalue weighted by molar-refractivity contribution is 0.101. The SMILES string of the molecule is CC(=O)c1cc(NC(C)c2nc(C)cs2)ccc1N. The number of nitrogens with two attached hydrogens (primary N) is 1. The number of nitrogens with one attached hydrogen (secondary N) is 1.